The van der Waals surface area contributed by atoms with Crippen LogP contribution in [-0.2, 0) is 9.59 Å². The molecule has 0 aromatic carbocycles. The highest BCUT2D eigenvalue weighted by molar-refractivity contribution is 6.02. The van der Waals surface area contributed by atoms with Crippen molar-refractivity contribution in [3.8, 4) is 0 Å². The minimum atomic E-state index is -1.12. The van der Waals surface area contributed by atoms with E-state index in [9.17, 15) is 9.59 Å². The Labute approximate surface area is 102 Å². The third-order valence-corrected chi connectivity index (χ3v) is 4.35. The summed E-state index contributed by atoms with van der Waals surface area (Å²) >= 11 is 0. The van der Waals surface area contributed by atoms with Crippen molar-refractivity contribution in [3.05, 3.63) is 0 Å². The molecule has 2 rings (SSSR count). The molecule has 0 aromatic rings. The second kappa shape index (κ2) is 4.00. The largest absolute Gasteiger partial charge is 0.480 e. The number of nitrogens with one attached hydrogen (secondary N) is 1. The van der Waals surface area contributed by atoms with E-state index < -0.39 is 11.4 Å². The lowest BCUT2D eigenvalue weighted by Crippen LogP contribution is -2.53. The van der Waals surface area contributed by atoms with Crippen LogP contribution < -0.4 is 5.32 Å². The van der Waals surface area contributed by atoms with Crippen molar-refractivity contribution in [1.82, 2.24) is 5.32 Å². The second-order valence-corrected chi connectivity index (χ2v) is 6.32. The van der Waals surface area contributed by atoms with Gasteiger partial charge in [-0.15, -0.1) is 0 Å². The van der Waals surface area contributed by atoms with Crippen LogP contribution in [0.2, 0.25) is 0 Å². The molecule has 2 aliphatic rings. The van der Waals surface area contributed by atoms with E-state index in [2.05, 4.69) is 19.2 Å². The van der Waals surface area contributed by atoms with Gasteiger partial charge in [0.1, 0.15) is 5.41 Å². The Balaban J connectivity index is 1.96. The first-order valence-electron chi connectivity index (χ1n) is 6.40. The number of aliphatic carboxylic acids is 1. The Bertz CT molecular complexity index is 345. The predicted molar refractivity (Wildman–Crippen MR) is 63.5 cm³/mol. The molecule has 0 bridgehead atoms. The molecule has 17 heavy (non-hydrogen) atoms. The van der Waals surface area contributed by atoms with E-state index in [-0.39, 0.29) is 17.4 Å². The van der Waals surface area contributed by atoms with Crippen molar-refractivity contribution in [2.45, 2.75) is 58.4 Å². The average Bonchev–Trinajstić information content (AvgIpc) is 2.42. The van der Waals surface area contributed by atoms with E-state index in [1.807, 2.05) is 0 Å². The van der Waals surface area contributed by atoms with Crippen molar-refractivity contribution in [2.75, 3.05) is 0 Å². The molecule has 1 atom stereocenters. The van der Waals surface area contributed by atoms with Crippen LogP contribution in [0.4, 0.5) is 0 Å². The molecule has 0 heterocycles. The van der Waals surface area contributed by atoms with E-state index >= 15 is 0 Å². The van der Waals surface area contributed by atoms with Crippen molar-refractivity contribution in [3.63, 3.8) is 0 Å². The first-order valence-corrected chi connectivity index (χ1v) is 6.40. The number of amides is 1. The SMILES string of the molecule is CC1(C)CCC(NC(=O)C2(C(=O)O)CCC2)C1. The van der Waals surface area contributed by atoms with Gasteiger partial charge in [0.25, 0.3) is 0 Å². The van der Waals surface area contributed by atoms with Gasteiger partial charge < -0.3 is 10.4 Å². The summed E-state index contributed by atoms with van der Waals surface area (Å²) in [6.07, 6.45) is 4.84. The summed E-state index contributed by atoms with van der Waals surface area (Å²) in [5, 5.41) is 12.1. The standard InChI is InChI=1S/C13H21NO3/c1-12(2)7-4-9(8-12)14-10(15)13(11(16)17)5-3-6-13/h9H,3-8H2,1-2H3,(H,14,15)(H,16,17). The highest BCUT2D eigenvalue weighted by atomic mass is 16.4. The molecule has 0 radical (unpaired) electrons. The van der Waals surface area contributed by atoms with Gasteiger partial charge in [-0.1, -0.05) is 20.3 Å². The van der Waals surface area contributed by atoms with Crippen molar-refractivity contribution < 1.29 is 14.7 Å². The van der Waals surface area contributed by atoms with E-state index in [1.165, 1.54) is 0 Å². The monoisotopic (exact) mass is 239 g/mol. The Morgan fingerprint density at radius 2 is 1.88 bits per heavy atom. The molecule has 4 heteroatoms. The van der Waals surface area contributed by atoms with Gasteiger partial charge in [-0.05, 0) is 37.5 Å². The molecule has 0 spiro atoms. The molecule has 96 valence electrons. The van der Waals surface area contributed by atoms with Crippen LogP contribution in [-0.4, -0.2) is 23.0 Å². The van der Waals surface area contributed by atoms with Gasteiger partial charge in [-0.25, -0.2) is 0 Å². The summed E-state index contributed by atoms with van der Waals surface area (Å²) in [4.78, 5) is 23.2. The maximum absolute atomic E-state index is 12.1. The normalized spacial score (nSPS) is 29.4. The number of carbonyl (C=O) groups is 2. The minimum absolute atomic E-state index is 0.161. The van der Waals surface area contributed by atoms with Gasteiger partial charge in [0.05, 0.1) is 0 Å². The zero-order chi connectivity index (χ0) is 12.7. The number of carbonyl (C=O) groups excluding carboxylic acids is 1. The molecular formula is C13H21NO3. The molecule has 1 unspecified atom stereocenters. The number of hydrogen-bond acceptors (Lipinski definition) is 2. The molecule has 0 aromatic heterocycles. The molecule has 2 fully saturated rings. The fraction of sp³-hybridized carbons (Fsp3) is 0.846. The van der Waals surface area contributed by atoms with E-state index in [0.29, 0.717) is 12.8 Å². The molecular weight excluding hydrogens is 218 g/mol. The van der Waals surface area contributed by atoms with Gasteiger partial charge in [0, 0.05) is 6.04 Å². The summed E-state index contributed by atoms with van der Waals surface area (Å²) in [5.74, 6) is -1.22. The summed E-state index contributed by atoms with van der Waals surface area (Å²) in [5.41, 5.74) is -0.847. The van der Waals surface area contributed by atoms with Crippen LogP contribution in [0, 0.1) is 10.8 Å². The Morgan fingerprint density at radius 3 is 2.24 bits per heavy atom. The zero-order valence-electron chi connectivity index (χ0n) is 10.6. The van der Waals surface area contributed by atoms with Crippen LogP contribution in [0.25, 0.3) is 0 Å². The highest BCUT2D eigenvalue weighted by Gasteiger charge is 2.51. The summed E-state index contributed by atoms with van der Waals surface area (Å²) in [6, 6.07) is 0.161. The third kappa shape index (κ3) is 2.17. The van der Waals surface area contributed by atoms with Crippen molar-refractivity contribution in [2.24, 2.45) is 10.8 Å². The average molecular weight is 239 g/mol. The summed E-state index contributed by atoms with van der Waals surface area (Å²) in [7, 11) is 0. The van der Waals surface area contributed by atoms with Crippen LogP contribution in [0.3, 0.4) is 0 Å². The molecule has 2 aliphatic carbocycles. The van der Waals surface area contributed by atoms with E-state index in [1.54, 1.807) is 0 Å². The first-order chi connectivity index (χ1) is 7.86. The molecule has 2 saturated carbocycles. The third-order valence-electron chi connectivity index (χ3n) is 4.35. The minimum Gasteiger partial charge on any atom is -0.480 e. The lowest BCUT2D eigenvalue weighted by molar-refractivity contribution is -0.162. The smallest absolute Gasteiger partial charge is 0.319 e. The van der Waals surface area contributed by atoms with Gasteiger partial charge in [-0.3, -0.25) is 9.59 Å². The van der Waals surface area contributed by atoms with Crippen LogP contribution in [0.1, 0.15) is 52.4 Å². The number of hydrogen-bond donors (Lipinski definition) is 2. The quantitative estimate of drug-likeness (QED) is 0.740. The highest BCUT2D eigenvalue weighted by Crippen LogP contribution is 2.43. The fourth-order valence-corrected chi connectivity index (χ4v) is 2.95. The topological polar surface area (TPSA) is 66.4 Å². The molecule has 1 amide bonds. The first kappa shape index (κ1) is 12.4. The van der Waals surface area contributed by atoms with Crippen LogP contribution >= 0.6 is 0 Å². The lowest BCUT2D eigenvalue weighted by Gasteiger charge is -2.36. The van der Waals surface area contributed by atoms with Crippen LogP contribution in [0.5, 0.6) is 0 Å². The van der Waals surface area contributed by atoms with E-state index in [0.717, 1.165) is 25.7 Å². The van der Waals surface area contributed by atoms with Gasteiger partial charge in [0.15, 0.2) is 0 Å². The fourth-order valence-electron chi connectivity index (χ4n) is 2.95. The molecule has 4 nitrogen and oxygen atoms in total. The number of carboxylic acids is 1. The van der Waals surface area contributed by atoms with Gasteiger partial charge in [-0.2, -0.15) is 0 Å². The van der Waals surface area contributed by atoms with Crippen molar-refractivity contribution in [1.29, 1.82) is 0 Å². The predicted octanol–water partition coefficient (Wildman–Crippen LogP) is 1.94. The van der Waals surface area contributed by atoms with Crippen LogP contribution in [0.15, 0.2) is 0 Å². The maximum atomic E-state index is 12.1. The summed E-state index contributed by atoms with van der Waals surface area (Å²) < 4.78 is 0. The lowest BCUT2D eigenvalue weighted by atomic mass is 9.68. The van der Waals surface area contributed by atoms with Gasteiger partial charge >= 0.3 is 5.97 Å². The second-order valence-electron chi connectivity index (χ2n) is 6.32. The van der Waals surface area contributed by atoms with E-state index in [4.69, 9.17) is 5.11 Å². The molecule has 0 saturated heterocycles. The maximum Gasteiger partial charge on any atom is 0.319 e. The molecule has 2 N–H and O–H groups in total. The summed E-state index contributed by atoms with van der Waals surface area (Å²) in [6.45, 7) is 4.38. The number of rotatable bonds is 3. The Kier molecular flexibility index (Phi) is 2.92. The van der Waals surface area contributed by atoms with Gasteiger partial charge in [0.2, 0.25) is 5.91 Å². The Hall–Kier alpha value is -1.06. The molecule has 0 aliphatic heterocycles. The Morgan fingerprint density at radius 1 is 1.24 bits per heavy atom. The zero-order valence-corrected chi connectivity index (χ0v) is 10.6. The number of carboxylic acid groups (broad SMARTS) is 1. The van der Waals surface area contributed by atoms with Crippen molar-refractivity contribution >= 4 is 11.9 Å².